The molecular weight excluding hydrogens is 280 g/mol. The van der Waals surface area contributed by atoms with Gasteiger partial charge >= 0.3 is 0 Å². The van der Waals surface area contributed by atoms with Crippen molar-refractivity contribution in [2.75, 3.05) is 13.1 Å². The highest BCUT2D eigenvalue weighted by Crippen LogP contribution is 2.41. The second kappa shape index (κ2) is 5.11. The SMILES string of the molecule is CC(C)(C)n1nc(C(=O)N2CC[C@@H](C(N)=O)C2)cc1C1CC1. The fourth-order valence-corrected chi connectivity index (χ4v) is 3.05. The van der Waals surface area contributed by atoms with Crippen LogP contribution in [0.25, 0.3) is 0 Å². The Morgan fingerprint density at radius 1 is 1.27 bits per heavy atom. The molecule has 1 aliphatic heterocycles. The van der Waals surface area contributed by atoms with Crippen molar-refractivity contribution in [2.24, 2.45) is 11.7 Å². The lowest BCUT2D eigenvalue weighted by Crippen LogP contribution is -2.32. The molecule has 2 N–H and O–H groups in total. The summed E-state index contributed by atoms with van der Waals surface area (Å²) in [5.74, 6) is -0.107. The third kappa shape index (κ3) is 2.74. The van der Waals surface area contributed by atoms with Crippen molar-refractivity contribution < 1.29 is 9.59 Å². The highest BCUT2D eigenvalue weighted by Gasteiger charge is 2.35. The molecule has 3 rings (SSSR count). The van der Waals surface area contributed by atoms with Gasteiger partial charge in [-0.3, -0.25) is 14.3 Å². The molecule has 22 heavy (non-hydrogen) atoms. The van der Waals surface area contributed by atoms with E-state index in [2.05, 4.69) is 25.9 Å². The zero-order chi connectivity index (χ0) is 16.1. The van der Waals surface area contributed by atoms with Gasteiger partial charge < -0.3 is 10.6 Å². The molecule has 1 saturated heterocycles. The van der Waals surface area contributed by atoms with Gasteiger partial charge in [-0.05, 0) is 46.1 Å². The maximum atomic E-state index is 12.6. The van der Waals surface area contributed by atoms with Gasteiger partial charge in [0.05, 0.1) is 11.5 Å². The highest BCUT2D eigenvalue weighted by molar-refractivity contribution is 5.93. The number of primary amides is 1. The van der Waals surface area contributed by atoms with E-state index in [9.17, 15) is 9.59 Å². The molecule has 0 aromatic carbocycles. The largest absolute Gasteiger partial charge is 0.369 e. The normalized spacial score (nSPS) is 22.1. The molecule has 1 atom stereocenters. The van der Waals surface area contributed by atoms with Crippen LogP contribution in [0.2, 0.25) is 0 Å². The average molecular weight is 304 g/mol. The van der Waals surface area contributed by atoms with Crippen molar-refractivity contribution in [3.8, 4) is 0 Å². The van der Waals surface area contributed by atoms with Crippen LogP contribution in [-0.2, 0) is 10.3 Å². The number of likely N-dealkylation sites (tertiary alicyclic amines) is 1. The van der Waals surface area contributed by atoms with Crippen LogP contribution in [0.3, 0.4) is 0 Å². The van der Waals surface area contributed by atoms with Crippen LogP contribution in [-0.4, -0.2) is 39.6 Å². The zero-order valence-corrected chi connectivity index (χ0v) is 13.5. The fraction of sp³-hybridized carbons (Fsp3) is 0.688. The molecule has 6 nitrogen and oxygen atoms in total. The third-order valence-electron chi connectivity index (χ3n) is 4.46. The van der Waals surface area contributed by atoms with E-state index in [-0.39, 0.29) is 23.3 Å². The standard InChI is InChI=1S/C16H24N4O2/c1-16(2,3)20-13(10-4-5-10)8-12(18-20)15(22)19-7-6-11(9-19)14(17)21/h8,10-11H,4-7,9H2,1-3H3,(H2,17,21)/t11-/m1/s1. The number of hydrogen-bond acceptors (Lipinski definition) is 3. The first-order valence-electron chi connectivity index (χ1n) is 7.96. The maximum absolute atomic E-state index is 12.6. The number of carbonyl (C=O) groups excluding carboxylic acids is 2. The van der Waals surface area contributed by atoms with Gasteiger partial charge in [-0.15, -0.1) is 0 Å². The van der Waals surface area contributed by atoms with Gasteiger partial charge in [0.15, 0.2) is 5.69 Å². The molecule has 0 spiro atoms. The topological polar surface area (TPSA) is 81.2 Å². The number of carbonyl (C=O) groups is 2. The quantitative estimate of drug-likeness (QED) is 0.918. The first-order valence-corrected chi connectivity index (χ1v) is 7.96. The minimum atomic E-state index is -0.325. The number of amides is 2. The minimum absolute atomic E-state index is 0.0892. The first-order chi connectivity index (χ1) is 10.3. The van der Waals surface area contributed by atoms with Crippen molar-refractivity contribution in [1.82, 2.24) is 14.7 Å². The number of nitrogens with zero attached hydrogens (tertiary/aromatic N) is 3. The van der Waals surface area contributed by atoms with Crippen molar-refractivity contribution in [2.45, 2.75) is 51.5 Å². The Morgan fingerprint density at radius 2 is 1.95 bits per heavy atom. The van der Waals surface area contributed by atoms with Gasteiger partial charge in [-0.1, -0.05) is 0 Å². The molecule has 1 saturated carbocycles. The summed E-state index contributed by atoms with van der Waals surface area (Å²) in [6, 6.07) is 1.93. The van der Waals surface area contributed by atoms with E-state index < -0.39 is 0 Å². The lowest BCUT2D eigenvalue weighted by molar-refractivity contribution is -0.121. The maximum Gasteiger partial charge on any atom is 0.274 e. The summed E-state index contributed by atoms with van der Waals surface area (Å²) in [6.07, 6.45) is 2.99. The zero-order valence-electron chi connectivity index (χ0n) is 13.5. The van der Waals surface area contributed by atoms with Crippen LogP contribution in [0, 0.1) is 5.92 Å². The van der Waals surface area contributed by atoms with E-state index in [0.717, 1.165) is 5.69 Å². The molecule has 2 fully saturated rings. The Kier molecular flexibility index (Phi) is 3.50. The van der Waals surface area contributed by atoms with Crippen LogP contribution >= 0.6 is 0 Å². The van der Waals surface area contributed by atoms with Crippen molar-refractivity contribution in [3.05, 3.63) is 17.5 Å². The Morgan fingerprint density at radius 3 is 2.45 bits per heavy atom. The van der Waals surface area contributed by atoms with Gasteiger partial charge in [-0.25, -0.2) is 0 Å². The van der Waals surface area contributed by atoms with Crippen LogP contribution in [0.5, 0.6) is 0 Å². The van der Waals surface area contributed by atoms with Gasteiger partial charge in [0.2, 0.25) is 5.91 Å². The van der Waals surface area contributed by atoms with E-state index >= 15 is 0 Å². The van der Waals surface area contributed by atoms with Crippen LogP contribution in [0.15, 0.2) is 6.07 Å². The van der Waals surface area contributed by atoms with Gasteiger partial charge in [0, 0.05) is 24.7 Å². The van der Waals surface area contributed by atoms with Crippen LogP contribution in [0.4, 0.5) is 0 Å². The minimum Gasteiger partial charge on any atom is -0.369 e. The second-order valence-electron chi connectivity index (χ2n) is 7.45. The van der Waals surface area contributed by atoms with Gasteiger partial charge in [0.1, 0.15) is 0 Å². The van der Waals surface area contributed by atoms with Crippen molar-refractivity contribution in [3.63, 3.8) is 0 Å². The average Bonchev–Trinajstić information content (AvgIpc) is 3.00. The van der Waals surface area contributed by atoms with E-state index in [1.54, 1.807) is 4.90 Å². The summed E-state index contributed by atoms with van der Waals surface area (Å²) in [7, 11) is 0. The van der Waals surface area contributed by atoms with Crippen molar-refractivity contribution in [1.29, 1.82) is 0 Å². The Hall–Kier alpha value is -1.85. The van der Waals surface area contributed by atoms with Crippen molar-refractivity contribution >= 4 is 11.8 Å². The molecule has 0 bridgehead atoms. The lowest BCUT2D eigenvalue weighted by atomic mass is 10.1. The van der Waals surface area contributed by atoms with Crippen LogP contribution in [0.1, 0.15) is 62.1 Å². The number of rotatable bonds is 3. The summed E-state index contributed by atoms with van der Waals surface area (Å²) < 4.78 is 1.99. The second-order valence-corrected chi connectivity index (χ2v) is 7.45. The molecular formula is C16H24N4O2. The van der Waals surface area contributed by atoms with Crippen LogP contribution < -0.4 is 5.73 Å². The summed E-state index contributed by atoms with van der Waals surface area (Å²) in [5.41, 5.74) is 6.84. The molecule has 0 radical (unpaired) electrons. The van der Waals surface area contributed by atoms with Gasteiger partial charge in [-0.2, -0.15) is 5.10 Å². The molecule has 2 aliphatic rings. The highest BCUT2D eigenvalue weighted by atomic mass is 16.2. The fourth-order valence-electron chi connectivity index (χ4n) is 3.05. The Balaban J connectivity index is 1.83. The summed E-state index contributed by atoms with van der Waals surface area (Å²) in [6.45, 7) is 7.28. The molecule has 0 unspecified atom stereocenters. The molecule has 2 amide bonds. The molecule has 1 aliphatic carbocycles. The first kappa shape index (κ1) is 15.1. The lowest BCUT2D eigenvalue weighted by Gasteiger charge is -2.22. The number of aromatic nitrogens is 2. The van der Waals surface area contributed by atoms with E-state index in [4.69, 9.17) is 5.73 Å². The molecule has 6 heteroatoms. The summed E-state index contributed by atoms with van der Waals surface area (Å²) in [5, 5.41) is 4.57. The van der Waals surface area contributed by atoms with E-state index in [1.807, 2.05) is 10.7 Å². The van der Waals surface area contributed by atoms with E-state index in [0.29, 0.717) is 31.1 Å². The molecule has 120 valence electrons. The van der Waals surface area contributed by atoms with E-state index in [1.165, 1.54) is 12.8 Å². The predicted octanol–water partition coefficient (Wildman–Crippen LogP) is 1.46. The molecule has 1 aromatic rings. The Bertz CT molecular complexity index is 610. The molecule has 1 aromatic heterocycles. The van der Waals surface area contributed by atoms with Gasteiger partial charge in [0.25, 0.3) is 5.91 Å². The smallest absolute Gasteiger partial charge is 0.274 e. The Labute approximate surface area is 130 Å². The monoisotopic (exact) mass is 304 g/mol. The third-order valence-corrected chi connectivity index (χ3v) is 4.46. The summed E-state index contributed by atoms with van der Waals surface area (Å²) >= 11 is 0. The number of hydrogen-bond donors (Lipinski definition) is 1. The molecule has 2 heterocycles. The summed E-state index contributed by atoms with van der Waals surface area (Å²) in [4.78, 5) is 25.6. The predicted molar refractivity (Wildman–Crippen MR) is 82.4 cm³/mol. The number of nitrogens with two attached hydrogens (primary N) is 1.